The quantitative estimate of drug-likeness (QED) is 0.408. The Hall–Kier alpha value is -4.22. The first-order chi connectivity index (χ1) is 18.1. The lowest BCUT2D eigenvalue weighted by Crippen LogP contribution is -2.42. The number of likely N-dealkylation sites (tertiary alicyclic amines) is 1. The van der Waals surface area contributed by atoms with E-state index in [1.54, 1.807) is 34.0 Å². The number of halogens is 3. The predicted octanol–water partition coefficient (Wildman–Crippen LogP) is 4.62. The Morgan fingerprint density at radius 2 is 1.95 bits per heavy atom. The molecule has 1 N–H and O–H groups in total. The Morgan fingerprint density at radius 3 is 2.66 bits per heavy atom. The van der Waals surface area contributed by atoms with Crippen molar-refractivity contribution in [3.63, 3.8) is 0 Å². The molecule has 1 aliphatic heterocycles. The molecular weight excluding hydrogens is 499 g/mol. The van der Waals surface area contributed by atoms with E-state index in [9.17, 15) is 22.8 Å². The smallest absolute Gasteiger partial charge is 0.341 e. The number of nitrogens with zero attached hydrogens (tertiary/aromatic N) is 6. The second-order valence-electron chi connectivity index (χ2n) is 9.27. The van der Waals surface area contributed by atoms with Gasteiger partial charge in [0.15, 0.2) is 5.82 Å². The number of carbonyl (C=O) groups is 1. The molecule has 4 aromatic rings. The number of rotatable bonds is 5. The molecule has 1 aromatic carbocycles. The second kappa shape index (κ2) is 9.92. The Bertz CT molecular complexity index is 1540. The van der Waals surface area contributed by atoms with Crippen LogP contribution in [0.3, 0.4) is 0 Å². The van der Waals surface area contributed by atoms with Gasteiger partial charge in [0, 0.05) is 49.4 Å². The molecule has 38 heavy (non-hydrogen) atoms. The average molecular weight is 526 g/mol. The summed E-state index contributed by atoms with van der Waals surface area (Å²) in [6, 6.07) is 7.66. The first-order valence-electron chi connectivity index (χ1n) is 12.3. The van der Waals surface area contributed by atoms with E-state index in [1.165, 1.54) is 16.8 Å². The lowest BCUT2D eigenvalue weighted by atomic mass is 10.0. The summed E-state index contributed by atoms with van der Waals surface area (Å²) in [5.74, 6) is 0.647. The number of benzene rings is 1. The molecule has 1 saturated heterocycles. The molecule has 0 aliphatic carbocycles. The van der Waals surface area contributed by atoms with E-state index >= 15 is 0 Å². The number of amides is 1. The van der Waals surface area contributed by atoms with Gasteiger partial charge in [-0.3, -0.25) is 14.2 Å². The normalized spacial score (nSPS) is 16.1. The van der Waals surface area contributed by atoms with E-state index in [2.05, 4.69) is 20.4 Å². The Kier molecular flexibility index (Phi) is 6.64. The molecule has 0 bridgehead atoms. The average Bonchev–Trinajstić information content (AvgIpc) is 3.36. The van der Waals surface area contributed by atoms with Crippen molar-refractivity contribution < 1.29 is 18.0 Å². The number of aromatic nitrogens is 5. The summed E-state index contributed by atoms with van der Waals surface area (Å²) in [4.78, 5) is 36.2. The van der Waals surface area contributed by atoms with E-state index < -0.39 is 11.7 Å². The molecule has 1 aliphatic rings. The number of aryl methyl sites for hydroxylation is 1. The van der Waals surface area contributed by atoms with E-state index in [1.807, 2.05) is 13.8 Å². The minimum absolute atomic E-state index is 0.0554. The molecule has 3 aromatic heterocycles. The number of carbonyl (C=O) groups excluding carboxylic acids is 1. The number of alkyl halides is 3. The predicted molar refractivity (Wildman–Crippen MR) is 136 cm³/mol. The zero-order valence-electron chi connectivity index (χ0n) is 20.9. The highest BCUT2D eigenvalue weighted by atomic mass is 19.4. The van der Waals surface area contributed by atoms with Crippen molar-refractivity contribution in [1.29, 1.82) is 0 Å². The fourth-order valence-corrected chi connectivity index (χ4v) is 4.75. The number of fused-ring (bicyclic) bond motifs is 1. The van der Waals surface area contributed by atoms with Crippen LogP contribution in [0.5, 0.6) is 0 Å². The van der Waals surface area contributed by atoms with Gasteiger partial charge in [0.25, 0.3) is 5.56 Å². The van der Waals surface area contributed by atoms with Crippen LogP contribution in [0.15, 0.2) is 53.6 Å². The summed E-state index contributed by atoms with van der Waals surface area (Å²) < 4.78 is 41.7. The number of piperidine rings is 1. The third-order valence-electron chi connectivity index (χ3n) is 6.70. The van der Waals surface area contributed by atoms with Crippen molar-refractivity contribution in [3.8, 4) is 5.69 Å². The van der Waals surface area contributed by atoms with Gasteiger partial charge in [0.05, 0.1) is 17.3 Å². The van der Waals surface area contributed by atoms with Gasteiger partial charge in [-0.15, -0.1) is 0 Å². The molecule has 1 atom stereocenters. The molecule has 12 heteroatoms. The summed E-state index contributed by atoms with van der Waals surface area (Å²) in [7, 11) is 0. The minimum atomic E-state index is -4.41. The molecule has 1 fully saturated rings. The van der Waals surface area contributed by atoms with Crippen LogP contribution in [0.25, 0.3) is 16.7 Å². The zero-order chi connectivity index (χ0) is 27.0. The number of anilines is 2. The molecule has 198 valence electrons. The van der Waals surface area contributed by atoms with Crippen LogP contribution in [0.4, 0.5) is 24.9 Å². The Morgan fingerprint density at radius 1 is 1.18 bits per heavy atom. The maximum absolute atomic E-state index is 13.1. The molecule has 1 amide bonds. The second-order valence-corrected chi connectivity index (χ2v) is 9.27. The van der Waals surface area contributed by atoms with Gasteiger partial charge in [-0.05, 0) is 49.6 Å². The van der Waals surface area contributed by atoms with Gasteiger partial charge in [-0.25, -0.2) is 9.67 Å². The highest BCUT2D eigenvalue weighted by Crippen LogP contribution is 2.30. The number of nitrogens with one attached hydrogen (secondary N) is 1. The van der Waals surface area contributed by atoms with Gasteiger partial charge >= 0.3 is 6.18 Å². The number of hydrogen-bond donors (Lipinski definition) is 1. The van der Waals surface area contributed by atoms with Crippen LogP contribution in [0.1, 0.15) is 43.4 Å². The van der Waals surface area contributed by atoms with Gasteiger partial charge in [-0.2, -0.15) is 23.3 Å². The topological polar surface area (TPSA) is 97.9 Å². The van der Waals surface area contributed by atoms with Crippen molar-refractivity contribution in [2.24, 2.45) is 0 Å². The monoisotopic (exact) mass is 525 g/mol. The van der Waals surface area contributed by atoms with Crippen molar-refractivity contribution in [3.05, 3.63) is 70.3 Å². The summed E-state index contributed by atoms with van der Waals surface area (Å²) in [5, 5.41) is 8.10. The maximum atomic E-state index is 13.1. The third kappa shape index (κ3) is 4.98. The molecule has 9 nitrogen and oxygen atoms in total. The lowest BCUT2D eigenvalue weighted by Gasteiger charge is -2.34. The minimum Gasteiger partial charge on any atom is -0.341 e. The van der Waals surface area contributed by atoms with E-state index in [0.29, 0.717) is 36.7 Å². The van der Waals surface area contributed by atoms with Crippen molar-refractivity contribution >= 4 is 28.7 Å². The van der Waals surface area contributed by atoms with Crippen molar-refractivity contribution in [2.45, 2.75) is 45.3 Å². The van der Waals surface area contributed by atoms with Crippen LogP contribution in [-0.2, 0) is 11.0 Å². The summed E-state index contributed by atoms with van der Waals surface area (Å²) >= 11 is 0. The van der Waals surface area contributed by atoms with Crippen LogP contribution in [-0.4, -0.2) is 48.2 Å². The Labute approximate surface area is 215 Å². The van der Waals surface area contributed by atoms with Gasteiger partial charge in [0.2, 0.25) is 11.9 Å². The van der Waals surface area contributed by atoms with E-state index in [-0.39, 0.29) is 23.5 Å². The number of hydrogen-bond acceptors (Lipinski definition) is 6. The van der Waals surface area contributed by atoms with Gasteiger partial charge in [-0.1, -0.05) is 6.92 Å². The van der Waals surface area contributed by atoms with Crippen molar-refractivity contribution in [2.75, 3.05) is 18.4 Å². The first kappa shape index (κ1) is 25.4. The number of pyridine rings is 1. The summed E-state index contributed by atoms with van der Waals surface area (Å²) in [6.07, 6.45) is 0.772. The molecule has 0 saturated carbocycles. The summed E-state index contributed by atoms with van der Waals surface area (Å²) in [6.45, 7) is 4.76. The molecule has 0 unspecified atom stereocenters. The summed E-state index contributed by atoms with van der Waals surface area (Å²) in [5.41, 5.74) is 0.736. The van der Waals surface area contributed by atoms with Crippen LogP contribution in [0, 0.1) is 6.92 Å². The Balaban J connectivity index is 1.44. The molecule has 0 spiro atoms. The van der Waals surface area contributed by atoms with Crippen LogP contribution in [0.2, 0.25) is 0 Å². The highest BCUT2D eigenvalue weighted by Gasteiger charge is 2.30. The van der Waals surface area contributed by atoms with Gasteiger partial charge in [0.1, 0.15) is 5.65 Å². The van der Waals surface area contributed by atoms with Crippen molar-refractivity contribution in [1.82, 2.24) is 29.2 Å². The van der Waals surface area contributed by atoms with Crippen LogP contribution < -0.4 is 10.9 Å². The highest BCUT2D eigenvalue weighted by molar-refractivity contribution is 5.79. The zero-order valence-corrected chi connectivity index (χ0v) is 20.9. The first-order valence-corrected chi connectivity index (χ1v) is 12.3. The SMILES string of the molecule is CCC(=O)N1CCC[C@@H](n2c(=O)cc(C)c3cnc(Nc4ccn(-c5ccc(C(F)(F)F)cc5)n4)nc32)C1. The third-order valence-corrected chi connectivity index (χ3v) is 6.70. The lowest BCUT2D eigenvalue weighted by molar-refractivity contribution is -0.137. The van der Waals surface area contributed by atoms with E-state index in [0.717, 1.165) is 35.9 Å². The fourth-order valence-electron chi connectivity index (χ4n) is 4.75. The molecular formula is C26H26F3N7O2. The van der Waals surface area contributed by atoms with E-state index in [4.69, 9.17) is 0 Å². The molecule has 4 heterocycles. The standard InChI is InChI=1S/C26H26F3N7O2/c1-3-22(37)34-11-4-5-19(15-34)36-23(38)13-16(2)20-14-30-25(32-24(20)36)31-21-10-12-35(33-21)18-8-6-17(7-9-18)26(27,28)29/h6-10,12-14,19H,3-5,11,15H2,1-2H3,(H,30,31,32,33)/t19-/m1/s1. The molecule has 0 radical (unpaired) electrons. The van der Waals surface area contributed by atoms with Crippen LogP contribution >= 0.6 is 0 Å². The maximum Gasteiger partial charge on any atom is 0.416 e. The van der Waals surface area contributed by atoms with Gasteiger partial charge < -0.3 is 10.2 Å². The molecule has 5 rings (SSSR count). The largest absolute Gasteiger partial charge is 0.416 e. The fraction of sp³-hybridized carbons (Fsp3) is 0.346.